The number of hydrogen-bond donors (Lipinski definition) is 1. The van der Waals surface area contributed by atoms with Gasteiger partial charge in [0, 0.05) is 11.2 Å². The van der Waals surface area contributed by atoms with Crippen LogP contribution in [0.5, 0.6) is 11.6 Å². The van der Waals surface area contributed by atoms with Crippen molar-refractivity contribution >= 4 is 28.8 Å². The first kappa shape index (κ1) is 12.8. The van der Waals surface area contributed by atoms with Gasteiger partial charge in [0.25, 0.3) is 0 Å². The smallest absolute Gasteiger partial charge is 0.229 e. The van der Waals surface area contributed by atoms with E-state index >= 15 is 0 Å². The predicted molar refractivity (Wildman–Crippen MR) is 76.4 cm³/mol. The lowest BCUT2D eigenvalue weighted by Crippen LogP contribution is -2.13. The standard InChI is InChI=1S/C13H11ClN2OS/c1-8-5-6-16-13(11(8)12(15)18)17-10-4-2-3-9(14)7-10/h2-7H,1H3,(H2,15,18). The van der Waals surface area contributed by atoms with E-state index in [1.54, 1.807) is 30.5 Å². The molecule has 2 aromatic rings. The Balaban J connectivity index is 2.40. The van der Waals surface area contributed by atoms with Crippen molar-refractivity contribution < 1.29 is 4.74 Å². The molecule has 0 aliphatic carbocycles. The van der Waals surface area contributed by atoms with Crippen LogP contribution in [0.4, 0.5) is 0 Å². The molecule has 1 aromatic heterocycles. The molecule has 5 heteroatoms. The second-order valence-corrected chi connectivity index (χ2v) is 4.61. The molecule has 18 heavy (non-hydrogen) atoms. The zero-order valence-electron chi connectivity index (χ0n) is 9.68. The van der Waals surface area contributed by atoms with Crippen molar-refractivity contribution in [2.45, 2.75) is 6.92 Å². The molecule has 2 N–H and O–H groups in total. The van der Waals surface area contributed by atoms with Crippen molar-refractivity contribution in [2.24, 2.45) is 5.73 Å². The Kier molecular flexibility index (Phi) is 3.79. The maximum Gasteiger partial charge on any atom is 0.229 e. The van der Waals surface area contributed by atoms with Crippen LogP contribution in [-0.4, -0.2) is 9.97 Å². The number of hydrogen-bond acceptors (Lipinski definition) is 3. The summed E-state index contributed by atoms with van der Waals surface area (Å²) in [6.07, 6.45) is 1.65. The molecule has 0 saturated carbocycles. The SMILES string of the molecule is Cc1ccnc(Oc2cccc(Cl)c2)c1C(N)=S. The van der Waals surface area contributed by atoms with E-state index in [1.807, 2.05) is 13.0 Å². The van der Waals surface area contributed by atoms with E-state index in [1.165, 1.54) is 0 Å². The number of pyridine rings is 1. The highest BCUT2D eigenvalue weighted by Crippen LogP contribution is 2.26. The predicted octanol–water partition coefficient (Wildman–Crippen LogP) is 3.47. The van der Waals surface area contributed by atoms with Gasteiger partial charge in [-0.2, -0.15) is 0 Å². The lowest BCUT2D eigenvalue weighted by Gasteiger charge is -2.11. The van der Waals surface area contributed by atoms with E-state index in [0.717, 1.165) is 5.56 Å². The molecular formula is C13H11ClN2OS. The topological polar surface area (TPSA) is 48.1 Å². The molecule has 1 heterocycles. The van der Waals surface area contributed by atoms with Gasteiger partial charge in [-0.25, -0.2) is 4.98 Å². The second-order valence-electron chi connectivity index (χ2n) is 3.73. The third-order valence-corrected chi connectivity index (χ3v) is 2.82. The van der Waals surface area contributed by atoms with Gasteiger partial charge in [-0.05, 0) is 36.8 Å². The molecule has 0 spiro atoms. The van der Waals surface area contributed by atoms with E-state index in [9.17, 15) is 0 Å². The summed E-state index contributed by atoms with van der Waals surface area (Å²) in [7, 11) is 0. The Bertz CT molecular complexity index is 601. The van der Waals surface area contributed by atoms with E-state index in [0.29, 0.717) is 22.2 Å². The minimum absolute atomic E-state index is 0.262. The lowest BCUT2D eigenvalue weighted by atomic mass is 10.1. The summed E-state index contributed by atoms with van der Waals surface area (Å²) in [5.41, 5.74) is 7.26. The number of benzene rings is 1. The third-order valence-electron chi connectivity index (χ3n) is 2.38. The van der Waals surface area contributed by atoms with Crippen LogP contribution in [0.25, 0.3) is 0 Å². The van der Waals surface area contributed by atoms with Crippen LogP contribution in [0.2, 0.25) is 5.02 Å². The van der Waals surface area contributed by atoms with E-state index in [2.05, 4.69) is 4.98 Å². The average Bonchev–Trinajstić information content (AvgIpc) is 2.28. The highest BCUT2D eigenvalue weighted by atomic mass is 35.5. The number of aryl methyl sites for hydroxylation is 1. The van der Waals surface area contributed by atoms with Gasteiger partial charge in [0.05, 0.1) is 5.56 Å². The molecule has 0 fully saturated rings. The lowest BCUT2D eigenvalue weighted by molar-refractivity contribution is 0.461. The molecule has 1 aromatic carbocycles. The van der Waals surface area contributed by atoms with Crippen molar-refractivity contribution in [3.8, 4) is 11.6 Å². The molecule has 0 radical (unpaired) electrons. The molecule has 0 bridgehead atoms. The molecule has 0 saturated heterocycles. The van der Waals surface area contributed by atoms with Gasteiger partial charge < -0.3 is 10.5 Å². The summed E-state index contributed by atoms with van der Waals surface area (Å²) in [6, 6.07) is 8.90. The average molecular weight is 279 g/mol. The summed E-state index contributed by atoms with van der Waals surface area (Å²) < 4.78 is 5.67. The number of nitrogens with zero attached hydrogens (tertiary/aromatic N) is 1. The normalized spacial score (nSPS) is 10.1. The monoisotopic (exact) mass is 278 g/mol. The molecule has 0 aliphatic heterocycles. The second kappa shape index (κ2) is 5.33. The van der Waals surface area contributed by atoms with Crippen LogP contribution >= 0.6 is 23.8 Å². The van der Waals surface area contributed by atoms with Crippen molar-refractivity contribution in [1.29, 1.82) is 0 Å². The van der Waals surface area contributed by atoms with Gasteiger partial charge in [0.1, 0.15) is 10.7 Å². The first-order valence-electron chi connectivity index (χ1n) is 5.27. The molecule has 3 nitrogen and oxygen atoms in total. The van der Waals surface area contributed by atoms with E-state index in [-0.39, 0.29) is 4.99 Å². The number of ether oxygens (including phenoxy) is 1. The van der Waals surface area contributed by atoms with Gasteiger partial charge in [-0.3, -0.25) is 0 Å². The number of nitrogens with two attached hydrogens (primary N) is 1. The van der Waals surface area contributed by atoms with Crippen molar-refractivity contribution in [1.82, 2.24) is 4.98 Å². The molecular weight excluding hydrogens is 268 g/mol. The first-order chi connectivity index (χ1) is 8.58. The maximum absolute atomic E-state index is 5.89. The Morgan fingerprint density at radius 1 is 1.39 bits per heavy atom. The summed E-state index contributed by atoms with van der Waals surface area (Å²) in [6.45, 7) is 1.90. The zero-order chi connectivity index (χ0) is 13.1. The van der Waals surface area contributed by atoms with Gasteiger partial charge in [0.2, 0.25) is 5.88 Å². The Hall–Kier alpha value is -1.65. The van der Waals surface area contributed by atoms with Gasteiger partial charge >= 0.3 is 0 Å². The van der Waals surface area contributed by atoms with Crippen LogP contribution in [0.1, 0.15) is 11.1 Å². The highest BCUT2D eigenvalue weighted by molar-refractivity contribution is 7.80. The molecule has 0 unspecified atom stereocenters. The number of thiocarbonyl (C=S) groups is 1. The summed E-state index contributed by atoms with van der Waals surface area (Å²) in [4.78, 5) is 4.41. The minimum Gasteiger partial charge on any atom is -0.438 e. The fraction of sp³-hybridized carbons (Fsp3) is 0.0769. The largest absolute Gasteiger partial charge is 0.438 e. The van der Waals surface area contributed by atoms with Gasteiger partial charge in [-0.1, -0.05) is 29.9 Å². The third kappa shape index (κ3) is 2.78. The molecule has 0 atom stereocenters. The molecule has 2 rings (SSSR count). The van der Waals surface area contributed by atoms with E-state index < -0.39 is 0 Å². The first-order valence-corrected chi connectivity index (χ1v) is 6.05. The van der Waals surface area contributed by atoms with Crippen molar-refractivity contribution in [2.75, 3.05) is 0 Å². The summed E-state index contributed by atoms with van der Waals surface area (Å²) >= 11 is 10.9. The van der Waals surface area contributed by atoms with Crippen LogP contribution in [0.15, 0.2) is 36.5 Å². The van der Waals surface area contributed by atoms with Crippen LogP contribution in [0.3, 0.4) is 0 Å². The van der Waals surface area contributed by atoms with Gasteiger partial charge in [-0.15, -0.1) is 0 Å². The van der Waals surface area contributed by atoms with Crippen LogP contribution in [0, 0.1) is 6.92 Å². The van der Waals surface area contributed by atoms with Crippen molar-refractivity contribution in [3.05, 3.63) is 52.7 Å². The number of rotatable bonds is 3. The maximum atomic E-state index is 5.89. The fourth-order valence-corrected chi connectivity index (χ4v) is 1.98. The number of halogens is 1. The van der Waals surface area contributed by atoms with Crippen molar-refractivity contribution in [3.63, 3.8) is 0 Å². The Morgan fingerprint density at radius 3 is 2.83 bits per heavy atom. The Morgan fingerprint density at radius 2 is 2.17 bits per heavy atom. The zero-order valence-corrected chi connectivity index (χ0v) is 11.3. The summed E-state index contributed by atoms with van der Waals surface area (Å²) in [5, 5.41) is 0.594. The molecule has 0 aliphatic rings. The Labute approximate surface area is 116 Å². The van der Waals surface area contributed by atoms with Gasteiger partial charge in [0.15, 0.2) is 0 Å². The quantitative estimate of drug-likeness (QED) is 0.874. The highest BCUT2D eigenvalue weighted by Gasteiger charge is 2.12. The molecule has 0 amide bonds. The van der Waals surface area contributed by atoms with Crippen LogP contribution in [-0.2, 0) is 0 Å². The molecule has 92 valence electrons. The van der Waals surface area contributed by atoms with Crippen LogP contribution < -0.4 is 10.5 Å². The number of aromatic nitrogens is 1. The minimum atomic E-state index is 0.262. The summed E-state index contributed by atoms with van der Waals surface area (Å²) in [5.74, 6) is 0.989. The fourth-order valence-electron chi connectivity index (χ4n) is 1.55. The van der Waals surface area contributed by atoms with E-state index in [4.69, 9.17) is 34.3 Å².